The van der Waals surface area contributed by atoms with Crippen molar-refractivity contribution in [2.75, 3.05) is 19.6 Å². The normalized spacial score (nSPS) is 14.6. The maximum atomic E-state index is 12.8. The van der Waals surface area contributed by atoms with Gasteiger partial charge in [0.25, 0.3) is 5.91 Å². The lowest BCUT2D eigenvalue weighted by Crippen LogP contribution is -2.60. The number of amides is 1. The lowest BCUT2D eigenvalue weighted by Gasteiger charge is -2.45. The molecule has 5 nitrogen and oxygen atoms in total. The van der Waals surface area contributed by atoms with Crippen LogP contribution in [0.15, 0.2) is 61.1 Å². The number of benzene rings is 1. The summed E-state index contributed by atoms with van der Waals surface area (Å²) in [6, 6.07) is 14.1. The van der Waals surface area contributed by atoms with Crippen molar-refractivity contribution in [3.8, 4) is 0 Å². The van der Waals surface area contributed by atoms with Gasteiger partial charge in [-0.25, -0.2) is 0 Å². The zero-order chi connectivity index (χ0) is 17.9. The van der Waals surface area contributed by atoms with Crippen molar-refractivity contribution in [2.24, 2.45) is 0 Å². The van der Waals surface area contributed by atoms with Crippen LogP contribution < -0.4 is 0 Å². The van der Waals surface area contributed by atoms with Crippen LogP contribution >= 0.6 is 0 Å². The first-order chi connectivity index (χ1) is 12.7. The first kappa shape index (κ1) is 16.7. The van der Waals surface area contributed by atoms with Crippen LogP contribution in [-0.2, 0) is 6.54 Å². The highest BCUT2D eigenvalue weighted by Crippen LogP contribution is 2.21. The Kier molecular flexibility index (Phi) is 4.63. The summed E-state index contributed by atoms with van der Waals surface area (Å²) in [7, 11) is 0. The first-order valence-corrected chi connectivity index (χ1v) is 9.01. The largest absolute Gasteiger partial charge is 0.335 e. The zero-order valence-corrected chi connectivity index (χ0v) is 14.9. The van der Waals surface area contributed by atoms with Crippen molar-refractivity contribution in [1.82, 2.24) is 19.8 Å². The molecule has 0 unspecified atom stereocenters. The lowest BCUT2D eigenvalue weighted by molar-refractivity contribution is 0.0254. The van der Waals surface area contributed by atoms with E-state index < -0.39 is 0 Å². The predicted molar refractivity (Wildman–Crippen MR) is 102 cm³/mol. The van der Waals surface area contributed by atoms with E-state index in [0.29, 0.717) is 6.04 Å². The number of carbonyl (C=O) groups excluding carboxylic acids is 1. The van der Waals surface area contributed by atoms with Gasteiger partial charge in [-0.15, -0.1) is 0 Å². The van der Waals surface area contributed by atoms with Gasteiger partial charge < -0.3 is 4.90 Å². The number of aromatic nitrogens is 2. The van der Waals surface area contributed by atoms with Crippen molar-refractivity contribution in [1.29, 1.82) is 0 Å². The molecule has 0 saturated carbocycles. The first-order valence-electron chi connectivity index (χ1n) is 9.01. The Bertz CT molecular complexity index is 906. The molecule has 132 valence electrons. The van der Waals surface area contributed by atoms with Gasteiger partial charge >= 0.3 is 0 Å². The SMILES string of the molecule is CCN(Cc1ccncc1)C1CN(C(=O)c2ccc3ncccc3c2)C1. The average Bonchev–Trinajstić information content (AvgIpc) is 2.66. The number of likely N-dealkylation sites (N-methyl/N-ethyl adjacent to an activating group) is 1. The van der Waals surface area contributed by atoms with E-state index in [0.717, 1.165) is 42.6 Å². The maximum Gasteiger partial charge on any atom is 0.253 e. The number of hydrogen-bond acceptors (Lipinski definition) is 4. The summed E-state index contributed by atoms with van der Waals surface area (Å²) in [4.78, 5) is 25.5. The number of hydrogen-bond donors (Lipinski definition) is 0. The number of likely N-dealkylation sites (tertiary alicyclic amines) is 1. The molecule has 0 aliphatic carbocycles. The third-order valence-electron chi connectivity index (χ3n) is 5.06. The van der Waals surface area contributed by atoms with Crippen LogP contribution in [0, 0.1) is 0 Å². The number of nitrogens with zero attached hydrogens (tertiary/aromatic N) is 4. The Balaban J connectivity index is 1.40. The van der Waals surface area contributed by atoms with Crippen molar-refractivity contribution >= 4 is 16.8 Å². The molecular weight excluding hydrogens is 324 g/mol. The van der Waals surface area contributed by atoms with Gasteiger partial charge in [-0.3, -0.25) is 19.7 Å². The molecular formula is C21H22N4O. The molecule has 1 fully saturated rings. The molecule has 0 radical (unpaired) electrons. The topological polar surface area (TPSA) is 49.3 Å². The fourth-order valence-electron chi connectivity index (χ4n) is 3.47. The Hall–Kier alpha value is -2.79. The van der Waals surface area contributed by atoms with Crippen LogP contribution in [0.3, 0.4) is 0 Å². The fraction of sp³-hybridized carbons (Fsp3) is 0.286. The summed E-state index contributed by atoms with van der Waals surface area (Å²) in [5, 5.41) is 1.00. The van der Waals surface area contributed by atoms with Crippen LogP contribution in [0.2, 0.25) is 0 Å². The van der Waals surface area contributed by atoms with E-state index in [1.54, 1.807) is 6.20 Å². The molecule has 1 aromatic carbocycles. The standard InChI is InChI=1S/C21H22N4O/c1-2-24(13-16-7-10-22-11-8-16)19-14-25(15-19)21(26)18-5-6-20-17(12-18)4-3-9-23-20/h3-12,19H,2,13-15H2,1H3. The van der Waals surface area contributed by atoms with Crippen molar-refractivity contribution in [3.05, 3.63) is 72.2 Å². The number of rotatable bonds is 5. The highest BCUT2D eigenvalue weighted by molar-refractivity contribution is 5.98. The smallest absolute Gasteiger partial charge is 0.253 e. The molecule has 0 spiro atoms. The van der Waals surface area contributed by atoms with E-state index in [4.69, 9.17) is 0 Å². The maximum absolute atomic E-state index is 12.8. The van der Waals surface area contributed by atoms with E-state index >= 15 is 0 Å². The van der Waals surface area contributed by atoms with E-state index in [9.17, 15) is 4.79 Å². The van der Waals surface area contributed by atoms with Crippen molar-refractivity contribution in [3.63, 3.8) is 0 Å². The molecule has 1 aliphatic heterocycles. The summed E-state index contributed by atoms with van der Waals surface area (Å²) < 4.78 is 0. The van der Waals surface area contributed by atoms with Crippen molar-refractivity contribution in [2.45, 2.75) is 19.5 Å². The third-order valence-corrected chi connectivity index (χ3v) is 5.06. The Morgan fingerprint density at radius 1 is 1.15 bits per heavy atom. The van der Waals surface area contributed by atoms with Crippen LogP contribution in [-0.4, -0.2) is 51.4 Å². The molecule has 1 amide bonds. The summed E-state index contributed by atoms with van der Waals surface area (Å²) in [6.07, 6.45) is 5.43. The number of fused-ring (bicyclic) bond motifs is 1. The Labute approximate surface area is 153 Å². The number of pyridine rings is 2. The molecule has 2 aromatic heterocycles. The highest BCUT2D eigenvalue weighted by Gasteiger charge is 2.34. The second kappa shape index (κ2) is 7.22. The second-order valence-electron chi connectivity index (χ2n) is 6.69. The predicted octanol–water partition coefficient (Wildman–Crippen LogP) is 2.98. The summed E-state index contributed by atoms with van der Waals surface area (Å²) in [5.41, 5.74) is 2.91. The van der Waals surface area contributed by atoms with Gasteiger partial charge in [0, 0.05) is 55.2 Å². The van der Waals surface area contributed by atoms with Gasteiger partial charge in [-0.2, -0.15) is 0 Å². The zero-order valence-electron chi connectivity index (χ0n) is 14.9. The Morgan fingerprint density at radius 3 is 2.73 bits per heavy atom. The molecule has 0 atom stereocenters. The average molecular weight is 346 g/mol. The lowest BCUT2D eigenvalue weighted by atomic mass is 10.0. The molecule has 0 N–H and O–H groups in total. The van der Waals surface area contributed by atoms with Crippen LogP contribution in [0.1, 0.15) is 22.8 Å². The van der Waals surface area contributed by atoms with Crippen LogP contribution in [0.5, 0.6) is 0 Å². The fourth-order valence-corrected chi connectivity index (χ4v) is 3.47. The van der Waals surface area contributed by atoms with Gasteiger partial charge in [0.15, 0.2) is 0 Å². The minimum absolute atomic E-state index is 0.104. The monoisotopic (exact) mass is 346 g/mol. The summed E-state index contributed by atoms with van der Waals surface area (Å²) in [5.74, 6) is 0.104. The van der Waals surface area contributed by atoms with E-state index in [-0.39, 0.29) is 5.91 Å². The molecule has 5 heteroatoms. The molecule has 4 rings (SSSR count). The molecule has 1 aliphatic rings. The van der Waals surface area contributed by atoms with E-state index in [1.165, 1.54) is 5.56 Å². The third kappa shape index (κ3) is 3.30. The summed E-state index contributed by atoms with van der Waals surface area (Å²) in [6.45, 7) is 5.59. The molecule has 3 aromatic rings. The Morgan fingerprint density at radius 2 is 1.96 bits per heavy atom. The minimum atomic E-state index is 0.104. The van der Waals surface area contributed by atoms with Gasteiger partial charge in [0.2, 0.25) is 0 Å². The van der Waals surface area contributed by atoms with Crippen LogP contribution in [0.4, 0.5) is 0 Å². The second-order valence-corrected chi connectivity index (χ2v) is 6.69. The summed E-state index contributed by atoms with van der Waals surface area (Å²) >= 11 is 0. The van der Waals surface area contributed by atoms with Gasteiger partial charge in [0.1, 0.15) is 0 Å². The van der Waals surface area contributed by atoms with Gasteiger partial charge in [-0.05, 0) is 48.5 Å². The van der Waals surface area contributed by atoms with Gasteiger partial charge in [0.05, 0.1) is 5.52 Å². The molecule has 1 saturated heterocycles. The van der Waals surface area contributed by atoms with Crippen LogP contribution in [0.25, 0.3) is 10.9 Å². The van der Waals surface area contributed by atoms with E-state index in [1.807, 2.05) is 59.8 Å². The minimum Gasteiger partial charge on any atom is -0.335 e. The number of carbonyl (C=O) groups is 1. The molecule has 26 heavy (non-hydrogen) atoms. The quantitative estimate of drug-likeness (QED) is 0.713. The molecule has 0 bridgehead atoms. The highest BCUT2D eigenvalue weighted by atomic mass is 16.2. The van der Waals surface area contributed by atoms with E-state index in [2.05, 4.69) is 21.8 Å². The van der Waals surface area contributed by atoms with Crippen molar-refractivity contribution < 1.29 is 4.79 Å². The molecule has 3 heterocycles. The van der Waals surface area contributed by atoms with Gasteiger partial charge in [-0.1, -0.05) is 13.0 Å².